The first-order chi connectivity index (χ1) is 9.60. The SMILES string of the molecule is CCCNc1ncc(COc2cc(Cl)c(Cl)cc2Cl)s1. The zero-order valence-electron chi connectivity index (χ0n) is 10.8. The van der Waals surface area contributed by atoms with Gasteiger partial charge in [-0.1, -0.05) is 53.1 Å². The largest absolute Gasteiger partial charge is 0.486 e. The average molecular weight is 352 g/mol. The summed E-state index contributed by atoms with van der Waals surface area (Å²) < 4.78 is 5.64. The van der Waals surface area contributed by atoms with Gasteiger partial charge in [0, 0.05) is 18.8 Å². The Balaban J connectivity index is 1.98. The summed E-state index contributed by atoms with van der Waals surface area (Å²) in [5, 5.41) is 5.39. The maximum Gasteiger partial charge on any atom is 0.182 e. The van der Waals surface area contributed by atoms with Crippen molar-refractivity contribution in [2.75, 3.05) is 11.9 Å². The molecule has 2 aromatic rings. The lowest BCUT2D eigenvalue weighted by Gasteiger charge is -2.07. The van der Waals surface area contributed by atoms with E-state index in [2.05, 4.69) is 17.2 Å². The van der Waals surface area contributed by atoms with Crippen molar-refractivity contribution in [1.29, 1.82) is 0 Å². The molecule has 0 aliphatic rings. The molecule has 1 N–H and O–H groups in total. The Morgan fingerprint density at radius 3 is 2.70 bits per heavy atom. The van der Waals surface area contributed by atoms with Crippen LogP contribution in [0, 0.1) is 0 Å². The summed E-state index contributed by atoms with van der Waals surface area (Å²) in [6.07, 6.45) is 2.85. The molecule has 0 aliphatic carbocycles. The van der Waals surface area contributed by atoms with Gasteiger partial charge < -0.3 is 10.1 Å². The zero-order chi connectivity index (χ0) is 14.5. The van der Waals surface area contributed by atoms with E-state index in [1.807, 2.05) is 0 Å². The number of anilines is 1. The van der Waals surface area contributed by atoms with Crippen molar-refractivity contribution >= 4 is 51.3 Å². The predicted octanol–water partition coefficient (Wildman–Crippen LogP) is 5.50. The minimum absolute atomic E-state index is 0.392. The molecule has 1 heterocycles. The lowest BCUT2D eigenvalue weighted by atomic mass is 10.3. The third-order valence-electron chi connectivity index (χ3n) is 2.42. The van der Waals surface area contributed by atoms with E-state index in [9.17, 15) is 0 Å². The molecule has 0 aliphatic heterocycles. The number of hydrogen-bond acceptors (Lipinski definition) is 4. The summed E-state index contributed by atoms with van der Waals surface area (Å²) in [4.78, 5) is 5.27. The Morgan fingerprint density at radius 2 is 1.95 bits per heavy atom. The monoisotopic (exact) mass is 350 g/mol. The molecule has 0 fully saturated rings. The number of ether oxygens (including phenoxy) is 1. The van der Waals surface area contributed by atoms with Crippen molar-refractivity contribution < 1.29 is 4.74 Å². The summed E-state index contributed by atoms with van der Waals surface area (Å²) in [7, 11) is 0. The molecule has 1 aromatic carbocycles. The van der Waals surface area contributed by atoms with Crippen molar-refractivity contribution in [2.45, 2.75) is 20.0 Å². The Morgan fingerprint density at radius 1 is 1.20 bits per heavy atom. The maximum absolute atomic E-state index is 6.05. The lowest BCUT2D eigenvalue weighted by Crippen LogP contribution is -1.97. The summed E-state index contributed by atoms with van der Waals surface area (Å²) in [6, 6.07) is 3.19. The highest BCUT2D eigenvalue weighted by Gasteiger charge is 2.08. The van der Waals surface area contributed by atoms with E-state index in [-0.39, 0.29) is 0 Å². The van der Waals surface area contributed by atoms with E-state index in [4.69, 9.17) is 39.5 Å². The summed E-state index contributed by atoms with van der Waals surface area (Å²) in [5.41, 5.74) is 0. The van der Waals surface area contributed by atoms with Crippen LogP contribution in [0.15, 0.2) is 18.3 Å². The van der Waals surface area contributed by atoms with Crippen molar-refractivity contribution in [1.82, 2.24) is 4.98 Å². The molecular weight excluding hydrogens is 339 g/mol. The Hall–Kier alpha value is -0.680. The van der Waals surface area contributed by atoms with E-state index in [1.165, 1.54) is 0 Å². The van der Waals surface area contributed by atoms with Crippen molar-refractivity contribution in [2.24, 2.45) is 0 Å². The predicted molar refractivity (Wildman–Crippen MR) is 86.7 cm³/mol. The van der Waals surface area contributed by atoms with Gasteiger partial charge in [-0.3, -0.25) is 0 Å². The Kier molecular flexibility index (Phi) is 5.78. The van der Waals surface area contributed by atoms with E-state index >= 15 is 0 Å². The highest BCUT2D eigenvalue weighted by atomic mass is 35.5. The molecule has 0 saturated heterocycles. The van der Waals surface area contributed by atoms with Gasteiger partial charge in [0.05, 0.1) is 19.9 Å². The first-order valence-electron chi connectivity index (χ1n) is 6.06. The van der Waals surface area contributed by atoms with Crippen LogP contribution in [0.2, 0.25) is 15.1 Å². The highest BCUT2D eigenvalue weighted by Crippen LogP contribution is 2.34. The van der Waals surface area contributed by atoms with Gasteiger partial charge in [0.25, 0.3) is 0 Å². The van der Waals surface area contributed by atoms with E-state index < -0.39 is 0 Å². The summed E-state index contributed by atoms with van der Waals surface area (Å²) in [6.45, 7) is 3.41. The molecule has 20 heavy (non-hydrogen) atoms. The molecule has 0 amide bonds. The molecule has 0 bridgehead atoms. The fourth-order valence-electron chi connectivity index (χ4n) is 1.45. The molecule has 108 valence electrons. The molecule has 0 atom stereocenters. The molecule has 0 saturated carbocycles. The quantitative estimate of drug-likeness (QED) is 0.697. The number of rotatable bonds is 6. The van der Waals surface area contributed by atoms with Crippen LogP contribution in [-0.2, 0) is 6.61 Å². The van der Waals surface area contributed by atoms with Gasteiger partial charge in [0.1, 0.15) is 12.4 Å². The number of nitrogens with zero attached hydrogens (tertiary/aromatic N) is 1. The second-order valence-corrected chi connectivity index (χ2v) is 6.38. The third-order valence-corrected chi connectivity index (χ3v) is 4.37. The first-order valence-corrected chi connectivity index (χ1v) is 8.01. The highest BCUT2D eigenvalue weighted by molar-refractivity contribution is 7.15. The summed E-state index contributed by atoms with van der Waals surface area (Å²) >= 11 is 19.4. The molecule has 0 unspecified atom stereocenters. The van der Waals surface area contributed by atoms with Gasteiger partial charge in [-0.05, 0) is 12.5 Å². The molecule has 0 spiro atoms. The standard InChI is InChI=1S/C13H13Cl3N2OS/c1-2-3-17-13-18-6-8(20-13)7-19-12-5-10(15)9(14)4-11(12)16/h4-6H,2-3,7H2,1H3,(H,17,18). The van der Waals surface area contributed by atoms with Crippen LogP contribution in [0.4, 0.5) is 5.13 Å². The van der Waals surface area contributed by atoms with Gasteiger partial charge in [0.2, 0.25) is 0 Å². The van der Waals surface area contributed by atoms with Crippen LogP contribution in [0.1, 0.15) is 18.2 Å². The van der Waals surface area contributed by atoms with Gasteiger partial charge >= 0.3 is 0 Å². The van der Waals surface area contributed by atoms with Crippen LogP contribution in [-0.4, -0.2) is 11.5 Å². The Bertz CT molecular complexity index is 589. The van der Waals surface area contributed by atoms with Crippen molar-refractivity contribution in [3.05, 3.63) is 38.3 Å². The topological polar surface area (TPSA) is 34.2 Å². The van der Waals surface area contributed by atoms with Crippen molar-refractivity contribution in [3.63, 3.8) is 0 Å². The van der Waals surface area contributed by atoms with Gasteiger partial charge in [-0.15, -0.1) is 0 Å². The van der Waals surface area contributed by atoms with Crippen LogP contribution in [0.5, 0.6) is 5.75 Å². The van der Waals surface area contributed by atoms with Crippen molar-refractivity contribution in [3.8, 4) is 5.75 Å². The van der Waals surface area contributed by atoms with Crippen LogP contribution in [0.3, 0.4) is 0 Å². The molecular formula is C13H13Cl3N2OS. The number of nitrogens with one attached hydrogen (secondary N) is 1. The molecule has 1 aromatic heterocycles. The Labute approximate surface area is 136 Å². The van der Waals surface area contributed by atoms with Gasteiger partial charge in [-0.2, -0.15) is 0 Å². The zero-order valence-corrected chi connectivity index (χ0v) is 13.8. The number of benzene rings is 1. The van der Waals surface area contributed by atoms with E-state index in [0.717, 1.165) is 23.0 Å². The molecule has 0 radical (unpaired) electrons. The first kappa shape index (κ1) is 15.7. The van der Waals surface area contributed by atoms with Crippen LogP contribution < -0.4 is 10.1 Å². The molecule has 7 heteroatoms. The lowest BCUT2D eigenvalue weighted by molar-refractivity contribution is 0.310. The number of halogens is 3. The summed E-state index contributed by atoms with van der Waals surface area (Å²) in [5.74, 6) is 0.512. The number of aromatic nitrogens is 1. The fourth-order valence-corrected chi connectivity index (χ4v) is 2.79. The number of thiazole rings is 1. The minimum Gasteiger partial charge on any atom is -0.486 e. The maximum atomic E-state index is 6.05. The van der Waals surface area contributed by atoms with Crippen LogP contribution in [0.25, 0.3) is 0 Å². The average Bonchev–Trinajstić information content (AvgIpc) is 2.87. The second-order valence-electron chi connectivity index (χ2n) is 4.04. The molecule has 2 rings (SSSR count). The van der Waals surface area contributed by atoms with Gasteiger partial charge in [0.15, 0.2) is 5.13 Å². The molecule has 3 nitrogen and oxygen atoms in total. The normalized spacial score (nSPS) is 10.6. The second kappa shape index (κ2) is 7.36. The minimum atomic E-state index is 0.392. The van der Waals surface area contributed by atoms with Gasteiger partial charge in [-0.25, -0.2) is 4.98 Å². The van der Waals surface area contributed by atoms with Crippen LogP contribution >= 0.6 is 46.1 Å². The van der Waals surface area contributed by atoms with E-state index in [0.29, 0.717) is 27.4 Å². The third kappa shape index (κ3) is 4.16. The smallest absolute Gasteiger partial charge is 0.182 e. The fraction of sp³-hybridized carbons (Fsp3) is 0.308. The number of hydrogen-bond donors (Lipinski definition) is 1. The van der Waals surface area contributed by atoms with E-state index in [1.54, 1.807) is 29.7 Å².